The van der Waals surface area contributed by atoms with E-state index in [9.17, 15) is 4.79 Å². The highest BCUT2D eigenvalue weighted by Crippen LogP contribution is 2.36. The Morgan fingerprint density at radius 3 is 2.48 bits per heavy atom. The van der Waals surface area contributed by atoms with Crippen LogP contribution in [0.15, 0.2) is 18.3 Å². The summed E-state index contributed by atoms with van der Waals surface area (Å²) < 4.78 is 0. The van der Waals surface area contributed by atoms with Crippen LogP contribution in [0.5, 0.6) is 0 Å². The molecule has 2 rings (SSSR count). The van der Waals surface area contributed by atoms with Gasteiger partial charge < -0.3 is 0 Å². The lowest BCUT2D eigenvalue weighted by atomic mass is 9.73. The van der Waals surface area contributed by atoms with Crippen molar-refractivity contribution in [1.82, 2.24) is 9.88 Å². The molecule has 0 bridgehead atoms. The largest absolute Gasteiger partial charge is 0.297 e. The van der Waals surface area contributed by atoms with Gasteiger partial charge in [-0.15, -0.1) is 0 Å². The molecule has 0 aliphatic heterocycles. The first kappa shape index (κ1) is 16.2. The minimum atomic E-state index is -0.280. The Morgan fingerprint density at radius 1 is 1.33 bits per heavy atom. The zero-order valence-electron chi connectivity index (χ0n) is 13.9. The van der Waals surface area contributed by atoms with Crippen molar-refractivity contribution in [2.75, 3.05) is 14.1 Å². The Balaban J connectivity index is 2.11. The van der Waals surface area contributed by atoms with Crippen LogP contribution in [0.25, 0.3) is 0 Å². The summed E-state index contributed by atoms with van der Waals surface area (Å²) in [6.07, 6.45) is 7.59. The molecule has 21 heavy (non-hydrogen) atoms. The molecule has 1 aliphatic carbocycles. The Labute approximate surface area is 128 Å². The number of Topliss-reactive ketones (excluding diaryl/α,β-unsaturated/α-hetero) is 1. The van der Waals surface area contributed by atoms with E-state index in [0.717, 1.165) is 43.7 Å². The lowest BCUT2D eigenvalue weighted by Gasteiger charge is -2.43. The molecule has 0 aromatic carbocycles. The maximum Gasteiger partial charge on any atom is 0.158 e. The van der Waals surface area contributed by atoms with Crippen molar-refractivity contribution in [1.29, 1.82) is 0 Å². The number of hydrogen-bond acceptors (Lipinski definition) is 3. The van der Waals surface area contributed by atoms with Gasteiger partial charge in [0.2, 0.25) is 0 Å². The van der Waals surface area contributed by atoms with Gasteiger partial charge in [0.25, 0.3) is 0 Å². The standard InChI is InChI=1S/C18H28N2O/c1-5-15-6-7-16(19-13-15)12-17(21)18(20(3)4)10-8-14(2)9-11-18/h6-7,13-14H,5,8-12H2,1-4H3. The summed E-state index contributed by atoms with van der Waals surface area (Å²) >= 11 is 0. The van der Waals surface area contributed by atoms with E-state index in [-0.39, 0.29) is 5.54 Å². The maximum absolute atomic E-state index is 12.9. The number of carbonyl (C=O) groups is 1. The smallest absolute Gasteiger partial charge is 0.158 e. The molecule has 1 aromatic heterocycles. The lowest BCUT2D eigenvalue weighted by molar-refractivity contribution is -0.131. The first-order valence-corrected chi connectivity index (χ1v) is 8.12. The monoisotopic (exact) mass is 288 g/mol. The van der Waals surface area contributed by atoms with Crippen molar-refractivity contribution >= 4 is 5.78 Å². The first-order chi connectivity index (χ1) is 9.98. The second kappa shape index (κ2) is 6.69. The maximum atomic E-state index is 12.9. The molecule has 1 saturated carbocycles. The van der Waals surface area contributed by atoms with Gasteiger partial charge in [0.05, 0.1) is 12.0 Å². The van der Waals surface area contributed by atoms with E-state index in [4.69, 9.17) is 0 Å². The van der Waals surface area contributed by atoms with E-state index >= 15 is 0 Å². The topological polar surface area (TPSA) is 33.2 Å². The number of aryl methyl sites for hydroxylation is 1. The number of likely N-dealkylation sites (N-methyl/N-ethyl adjacent to an activating group) is 1. The molecule has 0 saturated heterocycles. The Bertz CT molecular complexity index is 470. The fraction of sp³-hybridized carbons (Fsp3) is 0.667. The summed E-state index contributed by atoms with van der Waals surface area (Å²) in [7, 11) is 4.09. The molecule has 1 aromatic rings. The summed E-state index contributed by atoms with van der Waals surface area (Å²) in [5.41, 5.74) is 1.84. The van der Waals surface area contributed by atoms with E-state index in [1.165, 1.54) is 5.56 Å². The minimum Gasteiger partial charge on any atom is -0.297 e. The Hall–Kier alpha value is -1.22. The Morgan fingerprint density at radius 2 is 2.00 bits per heavy atom. The summed E-state index contributed by atoms with van der Waals surface area (Å²) in [5, 5.41) is 0. The molecular weight excluding hydrogens is 260 g/mol. The quantitative estimate of drug-likeness (QED) is 0.834. The van der Waals surface area contributed by atoms with E-state index < -0.39 is 0 Å². The molecule has 3 nitrogen and oxygen atoms in total. The summed E-state index contributed by atoms with van der Waals surface area (Å²) in [6, 6.07) is 4.09. The molecule has 1 aliphatic rings. The van der Waals surface area contributed by atoms with Crippen molar-refractivity contribution in [2.24, 2.45) is 5.92 Å². The predicted molar refractivity (Wildman–Crippen MR) is 86.4 cm³/mol. The highest BCUT2D eigenvalue weighted by molar-refractivity contribution is 5.90. The van der Waals surface area contributed by atoms with Gasteiger partial charge in [0.1, 0.15) is 0 Å². The summed E-state index contributed by atoms with van der Waals surface area (Å²) in [5.74, 6) is 1.07. The predicted octanol–water partition coefficient (Wildman–Crippen LogP) is 3.27. The van der Waals surface area contributed by atoms with Crippen molar-refractivity contribution in [3.8, 4) is 0 Å². The number of aromatic nitrogens is 1. The van der Waals surface area contributed by atoms with Crippen molar-refractivity contribution in [3.63, 3.8) is 0 Å². The highest BCUT2D eigenvalue weighted by atomic mass is 16.1. The second-order valence-electron chi connectivity index (χ2n) is 6.72. The van der Waals surface area contributed by atoms with E-state index in [1.54, 1.807) is 0 Å². The third kappa shape index (κ3) is 3.52. The van der Waals surface area contributed by atoms with Crippen LogP contribution in [0.1, 0.15) is 50.8 Å². The summed E-state index contributed by atoms with van der Waals surface area (Å²) in [6.45, 7) is 4.40. The van der Waals surface area contributed by atoms with Gasteiger partial charge in [-0.2, -0.15) is 0 Å². The van der Waals surface area contributed by atoms with Gasteiger partial charge in [-0.05, 0) is 63.7 Å². The molecule has 1 fully saturated rings. The molecule has 0 amide bonds. The van der Waals surface area contributed by atoms with Gasteiger partial charge in [-0.3, -0.25) is 14.7 Å². The van der Waals surface area contributed by atoms with Crippen molar-refractivity contribution < 1.29 is 4.79 Å². The molecule has 0 atom stereocenters. The van der Waals surface area contributed by atoms with Crippen LogP contribution in [-0.2, 0) is 17.6 Å². The average Bonchev–Trinajstić information content (AvgIpc) is 2.48. The number of pyridine rings is 1. The van der Waals surface area contributed by atoms with Gasteiger partial charge >= 0.3 is 0 Å². The zero-order chi connectivity index (χ0) is 15.5. The second-order valence-corrected chi connectivity index (χ2v) is 6.72. The van der Waals surface area contributed by atoms with Crippen molar-refractivity contribution in [2.45, 2.75) is 57.9 Å². The molecule has 0 spiro atoms. The molecule has 0 unspecified atom stereocenters. The third-order valence-electron chi connectivity index (χ3n) is 5.11. The molecule has 116 valence electrons. The van der Waals surface area contributed by atoms with Crippen LogP contribution in [0.2, 0.25) is 0 Å². The van der Waals surface area contributed by atoms with Gasteiger partial charge in [-0.25, -0.2) is 0 Å². The van der Waals surface area contributed by atoms with Crippen molar-refractivity contribution in [3.05, 3.63) is 29.6 Å². The fourth-order valence-electron chi connectivity index (χ4n) is 3.31. The van der Waals surface area contributed by atoms with Crippen LogP contribution in [0, 0.1) is 5.92 Å². The molecule has 3 heteroatoms. The van der Waals surface area contributed by atoms with E-state index in [1.807, 2.05) is 26.4 Å². The summed E-state index contributed by atoms with van der Waals surface area (Å²) in [4.78, 5) is 19.5. The number of nitrogens with zero attached hydrogens (tertiary/aromatic N) is 2. The number of carbonyl (C=O) groups excluding carboxylic acids is 1. The van der Waals surface area contributed by atoms with Crippen LogP contribution < -0.4 is 0 Å². The van der Waals surface area contributed by atoms with Crippen LogP contribution >= 0.6 is 0 Å². The van der Waals surface area contributed by atoms with Crippen LogP contribution in [-0.4, -0.2) is 35.3 Å². The molecule has 0 N–H and O–H groups in total. The van der Waals surface area contributed by atoms with Gasteiger partial charge in [0.15, 0.2) is 5.78 Å². The number of rotatable bonds is 5. The highest BCUT2D eigenvalue weighted by Gasteiger charge is 2.42. The fourth-order valence-corrected chi connectivity index (χ4v) is 3.31. The first-order valence-electron chi connectivity index (χ1n) is 8.12. The lowest BCUT2D eigenvalue weighted by Crippen LogP contribution is -2.53. The Kier molecular flexibility index (Phi) is 5.15. The normalized spacial score (nSPS) is 26.0. The number of ketones is 1. The average molecular weight is 288 g/mol. The number of hydrogen-bond donors (Lipinski definition) is 0. The van der Waals surface area contributed by atoms with E-state index in [2.05, 4.69) is 29.8 Å². The van der Waals surface area contributed by atoms with Crippen LogP contribution in [0.4, 0.5) is 0 Å². The molecule has 0 radical (unpaired) electrons. The van der Waals surface area contributed by atoms with Gasteiger partial charge in [0, 0.05) is 11.9 Å². The van der Waals surface area contributed by atoms with Gasteiger partial charge in [-0.1, -0.05) is 19.9 Å². The SMILES string of the molecule is CCc1ccc(CC(=O)C2(N(C)C)CCC(C)CC2)nc1. The minimum absolute atomic E-state index is 0.280. The van der Waals surface area contributed by atoms with E-state index in [0.29, 0.717) is 12.2 Å². The molecule has 1 heterocycles. The zero-order valence-corrected chi connectivity index (χ0v) is 13.9. The molecular formula is C18H28N2O. The van der Waals surface area contributed by atoms with Crippen LogP contribution in [0.3, 0.4) is 0 Å². The third-order valence-corrected chi connectivity index (χ3v) is 5.11.